The molecule has 7 nitrogen and oxygen atoms in total. The zero-order valence-electron chi connectivity index (χ0n) is 21.2. The molecule has 2 amide bonds. The molecule has 186 valence electrons. The topological polar surface area (TPSA) is 100 Å². The first-order valence-corrected chi connectivity index (χ1v) is 11.8. The van der Waals surface area contributed by atoms with Crippen LogP contribution in [0.5, 0.6) is 5.75 Å². The Morgan fingerprint density at radius 2 is 1.63 bits per heavy atom. The predicted octanol–water partition coefficient (Wildman–Crippen LogP) is 6.17. The number of benzene rings is 2. The summed E-state index contributed by atoms with van der Waals surface area (Å²) in [6.07, 6.45) is -0.744. The molecule has 0 aromatic heterocycles. The van der Waals surface area contributed by atoms with Crippen LogP contribution < -0.4 is 15.4 Å². The van der Waals surface area contributed by atoms with Crippen molar-refractivity contribution in [2.75, 3.05) is 5.32 Å². The largest absolute Gasteiger partial charge is 0.489 e. The molecule has 35 heavy (non-hydrogen) atoms. The predicted molar refractivity (Wildman–Crippen MR) is 136 cm³/mol. The molecule has 0 aliphatic heterocycles. The number of carbonyl (C=O) groups is 2. The zero-order chi connectivity index (χ0) is 26.2. The second kappa shape index (κ2) is 9.43. The van der Waals surface area contributed by atoms with Crippen LogP contribution in [0.15, 0.2) is 42.5 Å². The normalized spacial score (nSPS) is 20.1. The maximum absolute atomic E-state index is 13.0. The molecule has 8 heteroatoms. The van der Waals surface area contributed by atoms with Crippen LogP contribution in [0.2, 0.25) is 5.02 Å². The molecule has 1 aliphatic rings. The molecule has 1 aliphatic carbocycles. The van der Waals surface area contributed by atoms with E-state index < -0.39 is 11.7 Å². The highest BCUT2D eigenvalue weighted by Gasteiger charge is 2.64. The number of anilines is 1. The Kier molecular flexibility index (Phi) is 7.10. The van der Waals surface area contributed by atoms with Gasteiger partial charge < -0.3 is 14.8 Å². The van der Waals surface area contributed by atoms with Crippen molar-refractivity contribution in [3.8, 4) is 11.8 Å². The smallest absolute Gasteiger partial charge is 0.412 e. The number of nitriles is 1. The highest BCUT2D eigenvalue weighted by atomic mass is 35.5. The number of rotatable bonds is 5. The van der Waals surface area contributed by atoms with E-state index in [0.29, 0.717) is 27.6 Å². The molecule has 2 aromatic rings. The molecule has 2 N–H and O–H groups in total. The molecule has 0 bridgehead atoms. The Hall–Kier alpha value is -3.24. The monoisotopic (exact) mass is 497 g/mol. The maximum atomic E-state index is 13.0. The molecule has 0 heterocycles. The van der Waals surface area contributed by atoms with Gasteiger partial charge >= 0.3 is 6.09 Å². The summed E-state index contributed by atoms with van der Waals surface area (Å²) in [6, 6.07) is 13.5. The molecule has 0 radical (unpaired) electrons. The van der Waals surface area contributed by atoms with Crippen LogP contribution in [-0.2, 0) is 4.74 Å². The Morgan fingerprint density at radius 3 is 2.14 bits per heavy atom. The number of nitrogens with zero attached hydrogens (tertiary/aromatic N) is 1. The van der Waals surface area contributed by atoms with Gasteiger partial charge in [-0.3, -0.25) is 10.1 Å². The number of ether oxygens (including phenoxy) is 2. The summed E-state index contributed by atoms with van der Waals surface area (Å²) in [4.78, 5) is 25.0. The van der Waals surface area contributed by atoms with Crippen molar-refractivity contribution < 1.29 is 19.1 Å². The standard InChI is InChI=1S/C27H32ClN3O4/c1-25(2,3)35-24(33)30-18-11-8-16(9-12-18)21(32)31-22-26(4,5)23(27(22,6)7)34-19-13-10-17(15-29)20(28)14-19/h8-14,22-23H,1-7H3,(H,30,33)(H,31,32). The summed E-state index contributed by atoms with van der Waals surface area (Å²) in [6.45, 7) is 13.6. The fourth-order valence-electron chi connectivity index (χ4n) is 4.94. The summed E-state index contributed by atoms with van der Waals surface area (Å²) >= 11 is 6.16. The Morgan fingerprint density at radius 1 is 1.03 bits per heavy atom. The number of hydrogen-bond acceptors (Lipinski definition) is 5. The Labute approximate surface area is 211 Å². The van der Waals surface area contributed by atoms with Crippen LogP contribution in [-0.4, -0.2) is 29.7 Å². The zero-order valence-corrected chi connectivity index (χ0v) is 21.9. The number of amides is 2. The van der Waals surface area contributed by atoms with E-state index in [4.69, 9.17) is 26.3 Å². The average Bonchev–Trinajstić information content (AvgIpc) is 2.74. The molecule has 2 aromatic carbocycles. The van der Waals surface area contributed by atoms with E-state index in [1.807, 2.05) is 33.8 Å². The molecule has 0 atom stereocenters. The van der Waals surface area contributed by atoms with E-state index in [1.165, 1.54) is 0 Å². The van der Waals surface area contributed by atoms with Gasteiger partial charge in [-0.1, -0.05) is 39.3 Å². The van der Waals surface area contributed by atoms with Gasteiger partial charge in [0.2, 0.25) is 0 Å². The van der Waals surface area contributed by atoms with Crippen molar-refractivity contribution in [3.05, 3.63) is 58.6 Å². The van der Waals surface area contributed by atoms with Crippen molar-refractivity contribution in [1.29, 1.82) is 5.26 Å². The van der Waals surface area contributed by atoms with Gasteiger partial charge in [-0.25, -0.2) is 4.79 Å². The van der Waals surface area contributed by atoms with Crippen LogP contribution in [0, 0.1) is 22.2 Å². The molecule has 1 saturated carbocycles. The van der Waals surface area contributed by atoms with E-state index in [9.17, 15) is 9.59 Å². The summed E-state index contributed by atoms with van der Waals surface area (Å²) in [5.74, 6) is 0.373. The lowest BCUT2D eigenvalue weighted by atomic mass is 9.49. The van der Waals surface area contributed by atoms with Crippen LogP contribution >= 0.6 is 11.6 Å². The van der Waals surface area contributed by atoms with Crippen LogP contribution in [0.25, 0.3) is 0 Å². The fraction of sp³-hybridized carbons (Fsp3) is 0.444. The molecule has 0 unspecified atom stereocenters. The summed E-state index contributed by atoms with van der Waals surface area (Å²) in [5.41, 5.74) is 0.0863. The minimum absolute atomic E-state index is 0.152. The summed E-state index contributed by atoms with van der Waals surface area (Å²) < 4.78 is 11.5. The molecule has 1 fully saturated rings. The summed E-state index contributed by atoms with van der Waals surface area (Å²) in [5, 5.41) is 15.2. The van der Waals surface area contributed by atoms with Crippen molar-refractivity contribution in [2.24, 2.45) is 10.8 Å². The van der Waals surface area contributed by atoms with Gasteiger partial charge in [-0.2, -0.15) is 5.26 Å². The van der Waals surface area contributed by atoms with E-state index in [1.54, 1.807) is 63.2 Å². The average molecular weight is 498 g/mol. The lowest BCUT2D eigenvalue weighted by Gasteiger charge is -2.63. The number of hydrogen-bond donors (Lipinski definition) is 2. The first-order chi connectivity index (χ1) is 16.1. The van der Waals surface area contributed by atoms with Crippen molar-refractivity contribution in [3.63, 3.8) is 0 Å². The van der Waals surface area contributed by atoms with Gasteiger partial charge in [0.15, 0.2) is 0 Å². The second-order valence-electron chi connectivity index (χ2n) is 11.0. The Balaban J connectivity index is 1.66. The summed E-state index contributed by atoms with van der Waals surface area (Å²) in [7, 11) is 0. The molecule has 0 spiro atoms. The van der Waals surface area contributed by atoms with Crippen LogP contribution in [0.4, 0.5) is 10.5 Å². The van der Waals surface area contributed by atoms with Gasteiger partial charge in [0.1, 0.15) is 23.5 Å². The van der Waals surface area contributed by atoms with E-state index in [-0.39, 0.29) is 28.9 Å². The van der Waals surface area contributed by atoms with E-state index in [2.05, 4.69) is 10.6 Å². The van der Waals surface area contributed by atoms with Crippen molar-refractivity contribution in [2.45, 2.75) is 66.2 Å². The van der Waals surface area contributed by atoms with Gasteiger partial charge in [-0.05, 0) is 57.2 Å². The lowest BCUT2D eigenvalue weighted by molar-refractivity contribution is -0.164. The second-order valence-corrected chi connectivity index (χ2v) is 11.4. The highest BCUT2D eigenvalue weighted by molar-refractivity contribution is 6.31. The number of halogens is 1. The van der Waals surface area contributed by atoms with Crippen LogP contribution in [0.1, 0.15) is 64.4 Å². The lowest BCUT2D eigenvalue weighted by Crippen LogP contribution is -2.74. The van der Waals surface area contributed by atoms with Gasteiger partial charge in [0.05, 0.1) is 10.6 Å². The third kappa shape index (κ3) is 5.71. The molecular weight excluding hydrogens is 466 g/mol. The maximum Gasteiger partial charge on any atom is 0.412 e. The number of nitrogens with one attached hydrogen (secondary N) is 2. The van der Waals surface area contributed by atoms with Crippen LogP contribution in [0.3, 0.4) is 0 Å². The minimum atomic E-state index is -0.597. The highest BCUT2D eigenvalue weighted by Crippen LogP contribution is 2.55. The SMILES string of the molecule is CC(C)(C)OC(=O)Nc1ccc(C(=O)NC2C(C)(C)C(Oc3ccc(C#N)c(Cl)c3)C2(C)C)cc1. The van der Waals surface area contributed by atoms with Crippen molar-refractivity contribution in [1.82, 2.24) is 5.32 Å². The molecular formula is C27H32ClN3O4. The van der Waals surface area contributed by atoms with E-state index >= 15 is 0 Å². The third-order valence-electron chi connectivity index (χ3n) is 6.22. The first-order valence-electron chi connectivity index (χ1n) is 11.4. The molecule has 3 rings (SSSR count). The third-order valence-corrected chi connectivity index (χ3v) is 6.53. The van der Waals surface area contributed by atoms with Gasteiger partial charge in [0, 0.05) is 34.2 Å². The first kappa shape index (κ1) is 26.4. The van der Waals surface area contributed by atoms with Gasteiger partial charge in [0.25, 0.3) is 5.91 Å². The van der Waals surface area contributed by atoms with Crippen molar-refractivity contribution >= 4 is 29.3 Å². The quantitative estimate of drug-likeness (QED) is 0.514. The van der Waals surface area contributed by atoms with Gasteiger partial charge in [-0.15, -0.1) is 0 Å². The Bertz CT molecular complexity index is 1140. The number of carbonyl (C=O) groups excluding carboxylic acids is 2. The minimum Gasteiger partial charge on any atom is -0.489 e. The molecule has 0 saturated heterocycles. The fourth-order valence-corrected chi connectivity index (χ4v) is 5.15. The van der Waals surface area contributed by atoms with E-state index in [0.717, 1.165) is 0 Å².